The van der Waals surface area contributed by atoms with Crippen molar-refractivity contribution in [1.29, 1.82) is 0 Å². The fraction of sp³-hybridized carbons (Fsp3) is 0.196. The molecular formula is C56H50N2O. The summed E-state index contributed by atoms with van der Waals surface area (Å²) < 4.78 is 44.0. The van der Waals surface area contributed by atoms with Crippen LogP contribution in [0.5, 0.6) is 0 Å². The van der Waals surface area contributed by atoms with Gasteiger partial charge in [0.25, 0.3) is 0 Å². The van der Waals surface area contributed by atoms with Crippen LogP contribution in [0.3, 0.4) is 0 Å². The van der Waals surface area contributed by atoms with Crippen molar-refractivity contribution >= 4 is 54.5 Å². The third kappa shape index (κ3) is 6.14. The maximum Gasteiger partial charge on any atom is 0.149 e. The Kier molecular flexibility index (Phi) is 7.63. The van der Waals surface area contributed by atoms with Gasteiger partial charge in [0, 0.05) is 14.9 Å². The zero-order valence-corrected chi connectivity index (χ0v) is 34.7. The molecule has 0 bridgehead atoms. The van der Waals surface area contributed by atoms with Crippen LogP contribution in [0.4, 0.5) is 0 Å². The first-order valence-corrected chi connectivity index (χ1v) is 20.8. The predicted octanol–water partition coefficient (Wildman–Crippen LogP) is 16.1. The molecule has 8 aromatic carbocycles. The summed E-state index contributed by atoms with van der Waals surface area (Å²) in [6.45, 7) is 12.8. The van der Waals surface area contributed by atoms with Crippen LogP contribution in [0.25, 0.3) is 93.8 Å². The molecule has 0 aliphatic heterocycles. The van der Waals surface area contributed by atoms with Crippen molar-refractivity contribution in [2.24, 2.45) is 0 Å². The van der Waals surface area contributed by atoms with Crippen LogP contribution in [0, 0.1) is 6.85 Å². The van der Waals surface area contributed by atoms with E-state index in [-0.39, 0.29) is 28.9 Å². The molecular weight excluding hydrogens is 717 g/mol. The summed E-state index contributed by atoms with van der Waals surface area (Å²) in [5, 5.41) is 6.02. The van der Waals surface area contributed by atoms with Gasteiger partial charge in [-0.2, -0.15) is 0 Å². The minimum absolute atomic E-state index is 0.200. The van der Waals surface area contributed by atoms with E-state index in [9.17, 15) is 0 Å². The smallest absolute Gasteiger partial charge is 0.149 e. The first-order valence-electron chi connectivity index (χ1n) is 22.8. The number of rotatable bonds is 6. The van der Waals surface area contributed by atoms with E-state index in [1.807, 2.05) is 51.1 Å². The maximum atomic E-state index is 9.13. The lowest BCUT2D eigenvalue weighted by Crippen LogP contribution is -2.11. The van der Waals surface area contributed by atoms with Gasteiger partial charge in [-0.15, -0.1) is 0 Å². The molecule has 3 nitrogen and oxygen atoms in total. The van der Waals surface area contributed by atoms with E-state index in [0.29, 0.717) is 11.1 Å². The fourth-order valence-electron chi connectivity index (χ4n) is 8.90. The Bertz CT molecular complexity index is 3410. The molecule has 0 saturated carbocycles. The Morgan fingerprint density at radius 1 is 0.610 bits per heavy atom. The quantitative estimate of drug-likeness (QED) is 0.158. The van der Waals surface area contributed by atoms with Crippen molar-refractivity contribution in [2.75, 3.05) is 0 Å². The number of fused-ring (bicyclic) bond motifs is 7. The van der Waals surface area contributed by atoms with Gasteiger partial charge >= 0.3 is 0 Å². The number of furan rings is 1. The minimum Gasteiger partial charge on any atom is -0.455 e. The van der Waals surface area contributed by atoms with E-state index in [1.165, 1.54) is 22.3 Å². The number of imidazole rings is 1. The fourth-order valence-corrected chi connectivity index (χ4v) is 8.90. The van der Waals surface area contributed by atoms with Gasteiger partial charge in [0.15, 0.2) is 0 Å². The molecule has 0 fully saturated rings. The largest absolute Gasteiger partial charge is 0.455 e. The van der Waals surface area contributed by atoms with Crippen molar-refractivity contribution in [3.8, 4) is 39.3 Å². The lowest BCUT2D eigenvalue weighted by molar-refractivity contribution is 0.590. The Morgan fingerprint density at radius 2 is 1.32 bits per heavy atom. The van der Waals surface area contributed by atoms with E-state index in [4.69, 9.17) is 14.9 Å². The number of nitrogens with zero attached hydrogens (tertiary/aromatic N) is 2. The second-order valence-electron chi connectivity index (χ2n) is 17.7. The van der Waals surface area contributed by atoms with Gasteiger partial charge in [-0.25, -0.2) is 4.98 Å². The van der Waals surface area contributed by atoms with Gasteiger partial charge in [-0.05, 0) is 139 Å². The van der Waals surface area contributed by atoms with E-state index in [0.717, 1.165) is 77.2 Å². The first kappa shape index (κ1) is 32.5. The summed E-state index contributed by atoms with van der Waals surface area (Å²) in [4.78, 5) is 5.39. The molecule has 10 rings (SSSR count). The van der Waals surface area contributed by atoms with Crippen molar-refractivity contribution < 1.29 is 9.90 Å². The lowest BCUT2D eigenvalue weighted by Gasteiger charge is -2.24. The summed E-state index contributed by atoms with van der Waals surface area (Å²) in [5.41, 5.74) is 12.3. The number of aryl methyl sites for hydroxylation is 1. The van der Waals surface area contributed by atoms with Crippen molar-refractivity contribution in [3.05, 3.63) is 168 Å². The lowest BCUT2D eigenvalue weighted by atomic mass is 9.84. The van der Waals surface area contributed by atoms with E-state index in [2.05, 4.69) is 135 Å². The van der Waals surface area contributed by atoms with Crippen molar-refractivity contribution in [2.45, 2.75) is 72.6 Å². The van der Waals surface area contributed by atoms with Crippen LogP contribution in [-0.4, -0.2) is 9.55 Å². The Morgan fingerprint density at radius 3 is 2.07 bits per heavy atom. The number of hydrogen-bond acceptors (Lipinski definition) is 2. The van der Waals surface area contributed by atoms with Crippen molar-refractivity contribution in [1.82, 2.24) is 9.55 Å². The highest BCUT2D eigenvalue weighted by molar-refractivity contribution is 6.18. The topological polar surface area (TPSA) is 31.0 Å². The third-order valence-electron chi connectivity index (χ3n) is 12.1. The maximum absolute atomic E-state index is 9.13. The summed E-state index contributed by atoms with van der Waals surface area (Å²) in [6.07, 6.45) is 0. The van der Waals surface area contributed by atoms with Crippen LogP contribution in [0.2, 0.25) is 0 Å². The molecule has 59 heavy (non-hydrogen) atoms. The van der Waals surface area contributed by atoms with Crippen LogP contribution in [0.1, 0.15) is 88.0 Å². The molecule has 0 atom stereocenters. The molecule has 0 radical (unpaired) electrons. The van der Waals surface area contributed by atoms with Crippen molar-refractivity contribution in [3.63, 3.8) is 0 Å². The Balaban J connectivity index is 1.20. The summed E-state index contributed by atoms with van der Waals surface area (Å²) >= 11 is 0. The van der Waals surface area contributed by atoms with Crippen LogP contribution in [-0.2, 0) is 5.41 Å². The number of hydrogen-bond donors (Lipinski definition) is 0. The first-order chi connectivity index (χ1) is 30.1. The van der Waals surface area contributed by atoms with Crippen LogP contribution >= 0.6 is 0 Å². The van der Waals surface area contributed by atoms with Gasteiger partial charge in [-0.3, -0.25) is 4.57 Å². The molecule has 290 valence electrons. The summed E-state index contributed by atoms with van der Waals surface area (Å²) in [7, 11) is 0. The van der Waals surface area contributed by atoms with Gasteiger partial charge in [0.1, 0.15) is 17.0 Å². The number of para-hydroxylation sites is 3. The molecule has 0 aliphatic carbocycles. The van der Waals surface area contributed by atoms with Crippen LogP contribution in [0.15, 0.2) is 150 Å². The van der Waals surface area contributed by atoms with E-state index >= 15 is 0 Å². The van der Waals surface area contributed by atoms with E-state index < -0.39 is 6.85 Å². The highest BCUT2D eigenvalue weighted by Gasteiger charge is 2.26. The average Bonchev–Trinajstić information content (AvgIpc) is 3.82. The predicted molar refractivity (Wildman–Crippen MR) is 251 cm³/mol. The molecule has 10 aromatic rings. The zero-order chi connectivity index (χ0) is 44.1. The highest BCUT2D eigenvalue weighted by Crippen LogP contribution is 2.44. The zero-order valence-electron chi connectivity index (χ0n) is 38.7. The second-order valence-corrected chi connectivity index (χ2v) is 17.7. The van der Waals surface area contributed by atoms with Crippen LogP contribution < -0.4 is 0 Å². The molecule has 3 heteroatoms. The monoisotopic (exact) mass is 770 g/mol. The normalized spacial score (nSPS) is 13.6. The Hall–Kier alpha value is -6.45. The molecule has 2 heterocycles. The number of aromatic nitrogens is 2. The molecule has 0 aliphatic rings. The standard InChI is InChI=1S/C56H50N2O/c1-33(2)45-30-40(36-15-10-9-11-16-36)31-46(34(3)4)53(45)58-51-20-13-12-19-50(51)57-55(58)44-18-14-17-43-49-29-39-24-22-37-21-23-38(28-47(37)48(39)32-52(49)59-54(43)44)42-26-25-41(27-35(42)5)56(6,7)8/h9-34H,1-8H3/i5D3,26D. The third-order valence-corrected chi connectivity index (χ3v) is 12.1. The second kappa shape index (κ2) is 13.8. The van der Waals surface area contributed by atoms with E-state index in [1.54, 1.807) is 6.07 Å². The Labute approximate surface area is 352 Å². The molecule has 0 spiro atoms. The van der Waals surface area contributed by atoms with Gasteiger partial charge in [0.05, 0.1) is 23.7 Å². The highest BCUT2D eigenvalue weighted by atomic mass is 16.3. The minimum atomic E-state index is -2.39. The molecule has 2 aromatic heterocycles. The molecule has 0 N–H and O–H groups in total. The summed E-state index contributed by atoms with van der Waals surface area (Å²) in [5.74, 6) is 1.29. The molecule has 0 amide bonds. The van der Waals surface area contributed by atoms with Gasteiger partial charge < -0.3 is 4.42 Å². The van der Waals surface area contributed by atoms with Gasteiger partial charge in [0.2, 0.25) is 0 Å². The SMILES string of the molecule is [2H]c1cc(C(C)(C)C)cc(C([2H])([2H])[2H])c1-c1ccc2ccc3cc4c(cc3c2c1)oc1c(-c2nc3ccccc3n2-c2c(C(C)C)cc(-c3ccccc3)cc2C(C)C)cccc14. The summed E-state index contributed by atoms with van der Waals surface area (Å²) in [6, 6.07) is 48.5. The average molecular weight is 771 g/mol. The molecule has 0 unspecified atom stereocenters. The molecule has 0 saturated heterocycles. The van der Waals surface area contributed by atoms with Gasteiger partial charge in [-0.1, -0.05) is 146 Å². The number of benzene rings is 8.